The van der Waals surface area contributed by atoms with Gasteiger partial charge in [0.2, 0.25) is 5.91 Å². The van der Waals surface area contributed by atoms with Crippen molar-refractivity contribution in [2.45, 2.75) is 57.5 Å². The van der Waals surface area contributed by atoms with Crippen LogP contribution in [0.25, 0.3) is 0 Å². The number of hydrogen-bond donors (Lipinski definition) is 2. The summed E-state index contributed by atoms with van der Waals surface area (Å²) in [6.45, 7) is 2.07. The van der Waals surface area contributed by atoms with Gasteiger partial charge in [0.05, 0.1) is 6.04 Å². The van der Waals surface area contributed by atoms with Gasteiger partial charge in [0.25, 0.3) is 0 Å². The molecule has 3 unspecified atom stereocenters. The van der Waals surface area contributed by atoms with Crippen LogP contribution in [0, 0.1) is 5.92 Å². The lowest BCUT2D eigenvalue weighted by Crippen LogP contribution is -2.38. The molecular weight excluding hydrogens is 319 g/mol. The number of rotatable bonds is 5. The van der Waals surface area contributed by atoms with Gasteiger partial charge < -0.3 is 11.1 Å². The van der Waals surface area contributed by atoms with Crippen molar-refractivity contribution in [2.24, 2.45) is 11.7 Å². The summed E-state index contributed by atoms with van der Waals surface area (Å²) in [5.74, 6) is 0.430. The maximum Gasteiger partial charge on any atom is 0.220 e. The summed E-state index contributed by atoms with van der Waals surface area (Å²) in [5, 5.41) is 3.83. The molecule has 1 aromatic rings. The van der Waals surface area contributed by atoms with E-state index >= 15 is 0 Å². The average Bonchev–Trinajstić information content (AvgIpc) is 2.47. The number of carbonyl (C=O) groups is 1. The first-order chi connectivity index (χ1) is 10.1. The van der Waals surface area contributed by atoms with Crippen LogP contribution >= 0.6 is 24.0 Å². The van der Waals surface area contributed by atoms with Gasteiger partial charge in [0.1, 0.15) is 0 Å². The van der Waals surface area contributed by atoms with Crippen LogP contribution < -0.4 is 11.1 Å². The van der Waals surface area contributed by atoms with Crippen LogP contribution in [0.4, 0.5) is 0 Å². The number of benzene rings is 1. The molecule has 1 amide bonds. The summed E-state index contributed by atoms with van der Waals surface area (Å²) in [6.07, 6.45) is 5.89. The summed E-state index contributed by atoms with van der Waals surface area (Å²) in [4.78, 5) is 12.3. The Hall–Kier alpha value is -0.770. The lowest BCUT2D eigenvalue weighted by atomic mass is 9.83. The summed E-state index contributed by atoms with van der Waals surface area (Å²) in [5.41, 5.74) is 7.19. The summed E-state index contributed by atoms with van der Waals surface area (Å²) in [7, 11) is 0. The molecule has 3 nitrogen and oxygen atoms in total. The molecule has 0 radical (unpaired) electrons. The van der Waals surface area contributed by atoms with Gasteiger partial charge in [0.15, 0.2) is 0 Å². The molecule has 0 saturated heterocycles. The standard InChI is InChI=1S/C17H25ClN2O.ClH/c1-2-16(13-7-5-8-14(18)10-13)20-17(21)11-12-6-3-4-9-15(12)19;/h5,7-8,10,12,15-16H,2-4,6,9,11,19H2,1H3,(H,20,21);1H. The first-order valence-corrected chi connectivity index (χ1v) is 8.28. The van der Waals surface area contributed by atoms with E-state index in [9.17, 15) is 4.79 Å². The van der Waals surface area contributed by atoms with E-state index < -0.39 is 0 Å². The zero-order valence-corrected chi connectivity index (χ0v) is 14.6. The van der Waals surface area contributed by atoms with Crippen molar-refractivity contribution in [2.75, 3.05) is 0 Å². The van der Waals surface area contributed by atoms with Crippen LogP contribution in [0.3, 0.4) is 0 Å². The topological polar surface area (TPSA) is 55.1 Å². The molecular formula is C17H26Cl2N2O. The zero-order chi connectivity index (χ0) is 15.2. The van der Waals surface area contributed by atoms with Crippen molar-refractivity contribution < 1.29 is 4.79 Å². The van der Waals surface area contributed by atoms with E-state index in [4.69, 9.17) is 17.3 Å². The molecule has 0 spiro atoms. The van der Waals surface area contributed by atoms with Gasteiger partial charge in [-0.3, -0.25) is 4.79 Å². The molecule has 0 bridgehead atoms. The highest BCUT2D eigenvalue weighted by Gasteiger charge is 2.25. The monoisotopic (exact) mass is 344 g/mol. The predicted molar refractivity (Wildman–Crippen MR) is 94.4 cm³/mol. The molecule has 1 aliphatic rings. The second kappa shape index (κ2) is 9.39. The van der Waals surface area contributed by atoms with Crippen LogP contribution in [0.15, 0.2) is 24.3 Å². The molecule has 0 heterocycles. The smallest absolute Gasteiger partial charge is 0.220 e. The lowest BCUT2D eigenvalue weighted by Gasteiger charge is -2.28. The Kier molecular flexibility index (Phi) is 8.23. The third-order valence-electron chi connectivity index (χ3n) is 4.41. The van der Waals surface area contributed by atoms with Crippen LogP contribution in [0.5, 0.6) is 0 Å². The van der Waals surface area contributed by atoms with Gasteiger partial charge in [0, 0.05) is 17.5 Å². The van der Waals surface area contributed by atoms with E-state index in [0.717, 1.165) is 24.8 Å². The van der Waals surface area contributed by atoms with Crippen molar-refractivity contribution in [3.05, 3.63) is 34.9 Å². The highest BCUT2D eigenvalue weighted by molar-refractivity contribution is 6.30. The summed E-state index contributed by atoms with van der Waals surface area (Å²) >= 11 is 6.03. The van der Waals surface area contributed by atoms with Crippen LogP contribution in [-0.2, 0) is 4.79 Å². The Balaban J connectivity index is 0.00000242. The van der Waals surface area contributed by atoms with Gasteiger partial charge >= 0.3 is 0 Å². The largest absolute Gasteiger partial charge is 0.349 e. The summed E-state index contributed by atoms with van der Waals surface area (Å²) < 4.78 is 0. The fourth-order valence-corrected chi connectivity index (χ4v) is 3.32. The van der Waals surface area contributed by atoms with Crippen molar-refractivity contribution >= 4 is 29.9 Å². The van der Waals surface area contributed by atoms with Gasteiger partial charge in [-0.25, -0.2) is 0 Å². The molecule has 1 aromatic carbocycles. The highest BCUT2D eigenvalue weighted by atomic mass is 35.5. The normalized spacial score (nSPS) is 22.5. The second-order valence-electron chi connectivity index (χ2n) is 6.00. The van der Waals surface area contributed by atoms with Gasteiger partial charge in [-0.2, -0.15) is 0 Å². The molecule has 3 N–H and O–H groups in total. The van der Waals surface area contributed by atoms with E-state index in [1.807, 2.05) is 24.3 Å². The zero-order valence-electron chi connectivity index (χ0n) is 13.1. The first-order valence-electron chi connectivity index (χ1n) is 7.90. The van der Waals surface area contributed by atoms with Crippen molar-refractivity contribution in [3.8, 4) is 0 Å². The Labute approximate surface area is 144 Å². The van der Waals surface area contributed by atoms with E-state index in [-0.39, 0.29) is 30.4 Å². The number of hydrogen-bond acceptors (Lipinski definition) is 2. The van der Waals surface area contributed by atoms with E-state index in [2.05, 4.69) is 12.2 Å². The Morgan fingerprint density at radius 3 is 2.77 bits per heavy atom. The number of halogens is 2. The molecule has 2 rings (SSSR count). The SMILES string of the molecule is CCC(NC(=O)CC1CCCCC1N)c1cccc(Cl)c1.Cl. The maximum absolute atomic E-state index is 12.3. The van der Waals surface area contributed by atoms with Gasteiger partial charge in [-0.15, -0.1) is 12.4 Å². The number of amides is 1. The van der Waals surface area contributed by atoms with Crippen LogP contribution in [0.1, 0.15) is 57.1 Å². The van der Waals surface area contributed by atoms with E-state index in [1.54, 1.807) is 0 Å². The van der Waals surface area contributed by atoms with Crippen molar-refractivity contribution in [1.82, 2.24) is 5.32 Å². The minimum atomic E-state index is 0. The molecule has 124 valence electrons. The molecule has 0 aliphatic heterocycles. The Morgan fingerprint density at radius 2 is 2.14 bits per heavy atom. The molecule has 5 heteroatoms. The maximum atomic E-state index is 12.3. The van der Waals surface area contributed by atoms with Crippen molar-refractivity contribution in [1.29, 1.82) is 0 Å². The molecule has 1 fully saturated rings. The Morgan fingerprint density at radius 1 is 1.41 bits per heavy atom. The van der Waals surface area contributed by atoms with E-state index in [1.165, 1.54) is 12.8 Å². The highest BCUT2D eigenvalue weighted by Crippen LogP contribution is 2.26. The van der Waals surface area contributed by atoms with Gasteiger partial charge in [-0.05, 0) is 42.9 Å². The Bertz CT molecular complexity index is 481. The third kappa shape index (κ3) is 5.45. The minimum absolute atomic E-state index is 0. The van der Waals surface area contributed by atoms with E-state index in [0.29, 0.717) is 17.4 Å². The summed E-state index contributed by atoms with van der Waals surface area (Å²) in [6, 6.07) is 7.89. The molecule has 1 aliphatic carbocycles. The molecule has 0 aromatic heterocycles. The van der Waals surface area contributed by atoms with Crippen molar-refractivity contribution in [3.63, 3.8) is 0 Å². The van der Waals surface area contributed by atoms with Gasteiger partial charge in [-0.1, -0.05) is 43.5 Å². The average molecular weight is 345 g/mol. The molecule has 3 atom stereocenters. The molecule has 22 heavy (non-hydrogen) atoms. The quantitative estimate of drug-likeness (QED) is 0.839. The molecule has 1 saturated carbocycles. The first kappa shape index (κ1) is 19.3. The fourth-order valence-electron chi connectivity index (χ4n) is 3.13. The number of nitrogens with one attached hydrogen (secondary N) is 1. The number of carbonyl (C=O) groups excluding carboxylic acids is 1. The van der Waals surface area contributed by atoms with Crippen LogP contribution in [-0.4, -0.2) is 11.9 Å². The number of nitrogens with two attached hydrogens (primary N) is 1. The second-order valence-corrected chi connectivity index (χ2v) is 6.43. The fraction of sp³-hybridized carbons (Fsp3) is 0.588. The minimum Gasteiger partial charge on any atom is -0.349 e. The lowest BCUT2D eigenvalue weighted by molar-refractivity contribution is -0.123. The predicted octanol–water partition coefficient (Wildman–Crippen LogP) is 4.24. The van der Waals surface area contributed by atoms with Crippen LogP contribution in [0.2, 0.25) is 5.02 Å². The third-order valence-corrected chi connectivity index (χ3v) is 4.65.